The Morgan fingerprint density at radius 2 is 2.13 bits per heavy atom. The van der Waals surface area contributed by atoms with Gasteiger partial charge in [-0.25, -0.2) is 8.42 Å². The molecular formula is C14H14ClN3O3S2. The third kappa shape index (κ3) is 3.60. The molecule has 0 radical (unpaired) electrons. The first-order valence-corrected chi connectivity index (χ1v) is 9.57. The van der Waals surface area contributed by atoms with Crippen molar-refractivity contribution in [2.45, 2.75) is 4.21 Å². The number of hydrogen-bond donors (Lipinski definition) is 2. The van der Waals surface area contributed by atoms with Crippen LogP contribution in [0.2, 0.25) is 5.02 Å². The predicted molar refractivity (Wildman–Crippen MR) is 91.8 cm³/mol. The van der Waals surface area contributed by atoms with E-state index in [9.17, 15) is 13.2 Å². The van der Waals surface area contributed by atoms with Gasteiger partial charge in [0.1, 0.15) is 4.21 Å². The average molecular weight is 372 g/mol. The van der Waals surface area contributed by atoms with E-state index in [0.717, 1.165) is 11.3 Å². The largest absolute Gasteiger partial charge is 0.359 e. The minimum Gasteiger partial charge on any atom is -0.359 e. The van der Waals surface area contributed by atoms with Crippen molar-refractivity contribution in [3.8, 4) is 0 Å². The zero-order valence-corrected chi connectivity index (χ0v) is 14.3. The maximum absolute atomic E-state index is 12.2. The molecule has 1 amide bonds. The Hall–Kier alpha value is -1.77. The number of thiophene rings is 1. The van der Waals surface area contributed by atoms with Crippen LogP contribution in [0.4, 0.5) is 11.4 Å². The van der Waals surface area contributed by atoms with Crippen LogP contribution in [0.5, 0.6) is 0 Å². The third-order valence-electron chi connectivity index (χ3n) is 3.34. The molecule has 1 aliphatic rings. The molecule has 9 heteroatoms. The van der Waals surface area contributed by atoms with Crippen molar-refractivity contribution in [1.82, 2.24) is 5.32 Å². The fourth-order valence-electron chi connectivity index (χ4n) is 2.29. The van der Waals surface area contributed by atoms with Crippen LogP contribution in [0.3, 0.4) is 0 Å². The number of benzene rings is 1. The topological polar surface area (TPSA) is 78.5 Å². The lowest BCUT2D eigenvalue weighted by Crippen LogP contribution is -2.47. The lowest BCUT2D eigenvalue weighted by atomic mass is 10.2. The van der Waals surface area contributed by atoms with E-state index in [4.69, 9.17) is 11.6 Å². The van der Waals surface area contributed by atoms with Crippen LogP contribution in [0, 0.1) is 0 Å². The summed E-state index contributed by atoms with van der Waals surface area (Å²) in [6.45, 7) is 1.45. The van der Waals surface area contributed by atoms with Gasteiger partial charge in [0.15, 0.2) is 0 Å². The summed E-state index contributed by atoms with van der Waals surface area (Å²) >= 11 is 7.40. The zero-order valence-electron chi connectivity index (χ0n) is 12.0. The summed E-state index contributed by atoms with van der Waals surface area (Å²) in [5, 5.41) is 4.84. The van der Waals surface area contributed by atoms with Gasteiger partial charge in [0, 0.05) is 13.1 Å². The van der Waals surface area contributed by atoms with Crippen molar-refractivity contribution in [2.24, 2.45) is 0 Å². The van der Waals surface area contributed by atoms with Crippen molar-refractivity contribution in [2.75, 3.05) is 29.3 Å². The van der Waals surface area contributed by atoms with Crippen LogP contribution in [-0.2, 0) is 14.8 Å². The molecule has 0 atom stereocenters. The highest BCUT2D eigenvalue weighted by Crippen LogP contribution is 2.30. The lowest BCUT2D eigenvalue weighted by molar-refractivity contribution is -0.120. The van der Waals surface area contributed by atoms with Gasteiger partial charge >= 0.3 is 0 Å². The number of amides is 1. The molecule has 6 nitrogen and oxygen atoms in total. The molecule has 0 saturated carbocycles. The molecule has 23 heavy (non-hydrogen) atoms. The smallest absolute Gasteiger partial charge is 0.271 e. The van der Waals surface area contributed by atoms with Gasteiger partial charge in [-0.05, 0) is 29.6 Å². The first kappa shape index (κ1) is 16.1. The highest BCUT2D eigenvalue weighted by Gasteiger charge is 2.20. The second kappa shape index (κ2) is 6.38. The second-order valence-electron chi connectivity index (χ2n) is 4.98. The van der Waals surface area contributed by atoms with Crippen LogP contribution in [0.15, 0.2) is 39.9 Å². The van der Waals surface area contributed by atoms with Gasteiger partial charge in [-0.2, -0.15) is 0 Å². The summed E-state index contributed by atoms with van der Waals surface area (Å²) in [5.41, 5.74) is 1.09. The van der Waals surface area contributed by atoms with Crippen molar-refractivity contribution in [3.63, 3.8) is 0 Å². The second-order valence-corrected chi connectivity index (χ2v) is 8.24. The molecule has 122 valence electrons. The molecular weight excluding hydrogens is 358 g/mol. The quantitative estimate of drug-likeness (QED) is 0.863. The number of hydrogen-bond acceptors (Lipinski definition) is 5. The normalized spacial score (nSPS) is 15.3. The Balaban J connectivity index is 1.81. The van der Waals surface area contributed by atoms with Crippen molar-refractivity contribution in [3.05, 3.63) is 40.7 Å². The summed E-state index contributed by atoms with van der Waals surface area (Å²) in [5.74, 6) is -0.0604. The molecule has 3 rings (SSSR count). The average Bonchev–Trinajstić information content (AvgIpc) is 3.02. The molecule has 2 aromatic rings. The van der Waals surface area contributed by atoms with Gasteiger partial charge in [-0.15, -0.1) is 11.3 Å². The Morgan fingerprint density at radius 1 is 1.30 bits per heavy atom. The monoisotopic (exact) mass is 371 g/mol. The zero-order chi connectivity index (χ0) is 16.4. The Labute approximate surface area is 143 Å². The van der Waals surface area contributed by atoms with Gasteiger partial charge in [0.05, 0.1) is 22.9 Å². The minimum absolute atomic E-state index is 0.0604. The number of carbonyl (C=O) groups is 1. The van der Waals surface area contributed by atoms with Gasteiger partial charge in [0.2, 0.25) is 5.91 Å². The SMILES string of the molecule is O=C1CN(c2ccc(NS(=O)(=O)c3cccs3)cc2Cl)CCN1. The maximum atomic E-state index is 12.2. The van der Waals surface area contributed by atoms with Crippen molar-refractivity contribution < 1.29 is 13.2 Å². The summed E-state index contributed by atoms with van der Waals surface area (Å²) in [7, 11) is -3.60. The molecule has 0 bridgehead atoms. The summed E-state index contributed by atoms with van der Waals surface area (Å²) in [6.07, 6.45) is 0. The molecule has 0 spiro atoms. The molecule has 1 saturated heterocycles. The molecule has 1 aromatic carbocycles. The van der Waals surface area contributed by atoms with Crippen molar-refractivity contribution in [1.29, 1.82) is 0 Å². The van der Waals surface area contributed by atoms with Crippen LogP contribution < -0.4 is 14.9 Å². The molecule has 0 aliphatic carbocycles. The number of rotatable bonds is 4. The maximum Gasteiger partial charge on any atom is 0.271 e. The molecule has 0 unspecified atom stereocenters. The molecule has 1 aromatic heterocycles. The summed E-state index contributed by atoms with van der Waals surface area (Å²) < 4.78 is 27.1. The van der Waals surface area contributed by atoms with Crippen LogP contribution in [-0.4, -0.2) is 34.0 Å². The number of anilines is 2. The van der Waals surface area contributed by atoms with E-state index >= 15 is 0 Å². The molecule has 2 heterocycles. The van der Waals surface area contributed by atoms with E-state index in [1.54, 1.807) is 29.6 Å². The third-order valence-corrected chi connectivity index (χ3v) is 6.42. The van der Waals surface area contributed by atoms with Gasteiger partial charge in [-0.1, -0.05) is 17.7 Å². The van der Waals surface area contributed by atoms with Gasteiger partial charge < -0.3 is 10.2 Å². The van der Waals surface area contributed by atoms with E-state index in [1.165, 1.54) is 6.07 Å². The van der Waals surface area contributed by atoms with Gasteiger partial charge in [0.25, 0.3) is 10.0 Å². The molecule has 2 N–H and O–H groups in total. The first-order valence-electron chi connectivity index (χ1n) is 6.83. The number of piperazine rings is 1. The van der Waals surface area contributed by atoms with Crippen LogP contribution in [0.25, 0.3) is 0 Å². The number of nitrogens with one attached hydrogen (secondary N) is 2. The summed E-state index contributed by atoms with van der Waals surface area (Å²) in [6, 6.07) is 8.12. The fourth-order valence-corrected chi connectivity index (χ4v) is 4.64. The highest BCUT2D eigenvalue weighted by molar-refractivity contribution is 7.94. The summed E-state index contributed by atoms with van der Waals surface area (Å²) in [4.78, 5) is 13.3. The number of halogens is 1. The van der Waals surface area contributed by atoms with E-state index in [2.05, 4.69) is 10.0 Å². The first-order chi connectivity index (χ1) is 11.0. The Bertz CT molecular complexity index is 822. The van der Waals surface area contributed by atoms with E-state index in [0.29, 0.717) is 29.5 Å². The lowest BCUT2D eigenvalue weighted by Gasteiger charge is -2.29. The predicted octanol–water partition coefficient (Wildman–Crippen LogP) is 2.14. The van der Waals surface area contributed by atoms with Crippen molar-refractivity contribution >= 4 is 50.2 Å². The number of carbonyl (C=O) groups excluding carboxylic acids is 1. The number of sulfonamides is 1. The fraction of sp³-hybridized carbons (Fsp3) is 0.214. The minimum atomic E-state index is -3.60. The number of nitrogens with zero attached hydrogens (tertiary/aromatic N) is 1. The Morgan fingerprint density at radius 3 is 2.78 bits per heavy atom. The van der Waals surface area contributed by atoms with Crippen LogP contribution in [0.1, 0.15) is 0 Å². The molecule has 1 aliphatic heterocycles. The standard InChI is InChI=1S/C14H14ClN3O3S2/c15-11-8-10(17-23(20,21)14-2-1-7-22-14)3-4-12(11)18-6-5-16-13(19)9-18/h1-4,7-8,17H,5-6,9H2,(H,16,19). The van der Waals surface area contributed by atoms with Crippen LogP contribution >= 0.6 is 22.9 Å². The van der Waals surface area contributed by atoms with E-state index < -0.39 is 10.0 Å². The highest BCUT2D eigenvalue weighted by atomic mass is 35.5. The van der Waals surface area contributed by atoms with E-state index in [-0.39, 0.29) is 16.7 Å². The van der Waals surface area contributed by atoms with E-state index in [1.807, 2.05) is 4.90 Å². The Kier molecular flexibility index (Phi) is 4.47. The molecule has 1 fully saturated rings. The van der Waals surface area contributed by atoms with Gasteiger partial charge in [-0.3, -0.25) is 9.52 Å².